The van der Waals surface area contributed by atoms with Crippen LogP contribution in [0.5, 0.6) is 0 Å². The number of aryl methyl sites for hydroxylation is 4. The molecule has 0 bridgehead atoms. The fourth-order valence-corrected chi connectivity index (χ4v) is 1.38. The Morgan fingerprint density at radius 1 is 0.957 bits per heavy atom. The molecule has 0 unspecified atom stereocenters. The first-order chi connectivity index (χ1) is 10.6. The monoisotopic (exact) mass is 344 g/mol. The fourth-order valence-electron chi connectivity index (χ4n) is 1.38. The summed E-state index contributed by atoms with van der Waals surface area (Å²) in [6.07, 6.45) is 12.3. The Balaban J connectivity index is 0.000000317. The zero-order valence-electron chi connectivity index (χ0n) is 14.9. The van der Waals surface area contributed by atoms with E-state index in [1.807, 2.05) is 35.6 Å². The van der Waals surface area contributed by atoms with Gasteiger partial charge in [0.15, 0.2) is 0 Å². The van der Waals surface area contributed by atoms with Crippen LogP contribution in [0, 0.1) is 0 Å². The van der Waals surface area contributed by atoms with Gasteiger partial charge in [0, 0.05) is 0 Å². The summed E-state index contributed by atoms with van der Waals surface area (Å²) in [4.78, 5) is 19.6. The van der Waals surface area contributed by atoms with Crippen molar-refractivity contribution in [2.75, 3.05) is 0 Å². The van der Waals surface area contributed by atoms with Gasteiger partial charge in [0.2, 0.25) is 12.7 Å². The normalized spacial score (nSPS) is 10.7. The molecule has 132 valence electrons. The van der Waals surface area contributed by atoms with Crippen molar-refractivity contribution in [3.05, 3.63) is 37.4 Å². The Kier molecular flexibility index (Phi) is 9.72. The molecule has 0 amide bonds. The summed E-state index contributed by atoms with van der Waals surface area (Å²) in [6, 6.07) is 0. The molecule has 0 fully saturated rings. The second-order valence-electron chi connectivity index (χ2n) is 5.45. The summed E-state index contributed by atoms with van der Waals surface area (Å²) in [5, 5.41) is 0. The first-order valence-electron chi connectivity index (χ1n) is 7.63. The molecule has 0 saturated heterocycles. The van der Waals surface area contributed by atoms with Crippen LogP contribution in [0.15, 0.2) is 37.4 Å². The van der Waals surface area contributed by atoms with Gasteiger partial charge in [-0.1, -0.05) is 21.4 Å². The second-order valence-corrected chi connectivity index (χ2v) is 7.57. The minimum Gasteiger partial charge on any atom is -0.811 e. The van der Waals surface area contributed by atoms with Gasteiger partial charge in [-0.2, -0.15) is 0 Å². The van der Waals surface area contributed by atoms with Crippen LogP contribution in [0.3, 0.4) is 0 Å². The van der Waals surface area contributed by atoms with Crippen molar-refractivity contribution in [1.29, 1.82) is 0 Å². The van der Waals surface area contributed by atoms with Gasteiger partial charge in [0.05, 0.1) is 27.2 Å². The van der Waals surface area contributed by atoms with Gasteiger partial charge in [0.25, 0.3) is 0 Å². The molecule has 0 N–H and O–H groups in total. The number of hydrogen-bond donors (Lipinski definition) is 0. The smallest absolute Gasteiger partial charge is 0.243 e. The van der Waals surface area contributed by atoms with Gasteiger partial charge in [-0.3, -0.25) is 0 Å². The van der Waals surface area contributed by atoms with Crippen LogP contribution >= 0.6 is 7.60 Å². The van der Waals surface area contributed by atoms with Gasteiger partial charge in [0.1, 0.15) is 24.8 Å². The van der Waals surface area contributed by atoms with E-state index in [2.05, 4.69) is 48.0 Å². The summed E-state index contributed by atoms with van der Waals surface area (Å²) in [6.45, 7) is 9.09. The molecule has 0 spiro atoms. The average molecular weight is 344 g/mol. The van der Waals surface area contributed by atoms with Crippen molar-refractivity contribution in [2.24, 2.45) is 14.1 Å². The van der Waals surface area contributed by atoms with E-state index in [-0.39, 0.29) is 0 Å². The second kappa shape index (κ2) is 10.4. The molecule has 0 radical (unpaired) electrons. The molecule has 23 heavy (non-hydrogen) atoms. The van der Waals surface area contributed by atoms with E-state index >= 15 is 0 Å². The Hall–Kier alpha value is -1.43. The summed E-state index contributed by atoms with van der Waals surface area (Å²) >= 11 is 0. The van der Waals surface area contributed by atoms with Crippen molar-refractivity contribution in [3.8, 4) is 0 Å². The van der Waals surface area contributed by atoms with Gasteiger partial charge in [-0.25, -0.2) is 18.3 Å². The van der Waals surface area contributed by atoms with E-state index in [1.165, 1.54) is 13.8 Å². The highest BCUT2D eigenvalue weighted by Gasteiger charge is 1.94. The largest absolute Gasteiger partial charge is 0.811 e. The van der Waals surface area contributed by atoms with Crippen LogP contribution in [-0.4, -0.2) is 14.8 Å². The number of imidazole rings is 2. The van der Waals surface area contributed by atoms with Crippen molar-refractivity contribution in [1.82, 2.24) is 9.13 Å². The number of nitrogens with zero attached hydrogens (tertiary/aromatic N) is 4. The summed E-state index contributed by atoms with van der Waals surface area (Å²) in [5.41, 5.74) is -0.757. The maximum absolute atomic E-state index is 9.80. The van der Waals surface area contributed by atoms with E-state index in [4.69, 9.17) is 0 Å². The first-order valence-corrected chi connectivity index (χ1v) is 9.25. The van der Waals surface area contributed by atoms with Gasteiger partial charge in [-0.15, -0.1) is 0 Å². The molecule has 0 saturated carbocycles. The summed E-state index contributed by atoms with van der Waals surface area (Å²) in [7, 11) is -0.198. The van der Waals surface area contributed by atoms with Crippen LogP contribution < -0.4 is 18.9 Å². The van der Waals surface area contributed by atoms with Crippen LogP contribution in [0.25, 0.3) is 0 Å². The quantitative estimate of drug-likeness (QED) is 0.579. The Bertz CT molecular complexity index is 561. The lowest BCUT2D eigenvalue weighted by atomic mass is 10.6. The number of aromatic nitrogens is 4. The van der Waals surface area contributed by atoms with E-state index in [1.54, 1.807) is 0 Å². The lowest BCUT2D eigenvalue weighted by Gasteiger charge is -2.33. The molecule has 2 aromatic heterocycles. The van der Waals surface area contributed by atoms with E-state index in [0.717, 1.165) is 13.1 Å². The minimum atomic E-state index is -4.24. The predicted octanol–water partition coefficient (Wildman–Crippen LogP) is -0.0265. The van der Waals surface area contributed by atoms with Crippen LogP contribution in [-0.2, 0) is 31.7 Å². The highest BCUT2D eigenvalue weighted by molar-refractivity contribution is 7.49. The highest BCUT2D eigenvalue weighted by Crippen LogP contribution is 2.29. The van der Waals surface area contributed by atoms with Gasteiger partial charge in [-0.05, 0) is 19.5 Å². The molecule has 0 aliphatic heterocycles. The topological polar surface area (TPSA) is 80.8 Å². The molecule has 2 heterocycles. The van der Waals surface area contributed by atoms with E-state index in [0.29, 0.717) is 0 Å². The molecule has 0 aromatic carbocycles. The maximum atomic E-state index is 9.80. The molecular weight excluding hydrogens is 315 g/mol. The van der Waals surface area contributed by atoms with Crippen molar-refractivity contribution < 1.29 is 23.5 Å². The lowest BCUT2D eigenvalue weighted by Crippen LogP contribution is -2.28. The third kappa shape index (κ3) is 10.0. The zero-order valence-corrected chi connectivity index (χ0v) is 15.8. The molecular formula is C15H29N4O3P. The van der Waals surface area contributed by atoms with E-state index < -0.39 is 13.3 Å². The number of hydrogen-bond acceptors (Lipinski definition) is 3. The van der Waals surface area contributed by atoms with E-state index in [9.17, 15) is 14.4 Å². The summed E-state index contributed by atoms with van der Waals surface area (Å²) in [5.74, 6) is 0. The third-order valence-corrected chi connectivity index (χ3v) is 4.28. The lowest BCUT2D eigenvalue weighted by molar-refractivity contribution is -0.693. The maximum Gasteiger partial charge on any atom is 0.243 e. The van der Waals surface area contributed by atoms with Crippen LogP contribution in [0.1, 0.15) is 27.7 Å². The van der Waals surface area contributed by atoms with Crippen LogP contribution in [0.4, 0.5) is 0 Å². The Labute approximate surface area is 139 Å². The minimum absolute atomic E-state index is 0.757. The average Bonchev–Trinajstić information content (AvgIpc) is 3.07. The molecule has 0 aliphatic rings. The van der Waals surface area contributed by atoms with Gasteiger partial charge < -0.3 is 14.4 Å². The molecule has 2 aromatic rings. The fraction of sp³-hybridized carbons (Fsp3) is 0.600. The van der Waals surface area contributed by atoms with Gasteiger partial charge >= 0.3 is 0 Å². The van der Waals surface area contributed by atoms with Crippen molar-refractivity contribution >= 4 is 7.60 Å². The summed E-state index contributed by atoms with van der Waals surface area (Å²) < 4.78 is 18.1. The molecule has 8 heteroatoms. The third-order valence-electron chi connectivity index (χ3n) is 3.01. The Morgan fingerprint density at radius 3 is 1.35 bits per heavy atom. The first kappa shape index (κ1) is 21.6. The van der Waals surface area contributed by atoms with Crippen molar-refractivity contribution in [3.63, 3.8) is 0 Å². The number of rotatable bonds is 3. The highest BCUT2D eigenvalue weighted by atomic mass is 31.2. The standard InChI is InChI=1S/2C6H11N2.C3H9O3P/c2*1-3-8-5-4-7(2)6-8;1-3(2)7(4,5)6/h2*4-6H,3H2,1-2H3;3H,1-2H3,(H2,4,5,6)/q2*+1;/p-2. The Morgan fingerprint density at radius 2 is 1.26 bits per heavy atom. The zero-order chi connectivity index (χ0) is 18.0. The SMILES string of the molecule is CC(C)P(=O)([O-])[O-].CC[n+]1ccn(C)c1.CC[n+]1ccn(C)c1. The molecule has 0 atom stereocenters. The molecule has 0 aliphatic carbocycles. The van der Waals surface area contributed by atoms with Crippen LogP contribution in [0.2, 0.25) is 0 Å². The van der Waals surface area contributed by atoms with Crippen molar-refractivity contribution in [2.45, 2.75) is 46.4 Å². The molecule has 2 rings (SSSR count). The predicted molar refractivity (Wildman–Crippen MR) is 85.3 cm³/mol. The molecule has 7 nitrogen and oxygen atoms in total.